The van der Waals surface area contributed by atoms with E-state index < -0.39 is 57.8 Å². The average Bonchev–Trinajstić information content (AvgIpc) is 2.72. The van der Waals surface area contributed by atoms with Crippen LogP contribution < -0.4 is 10.9 Å². The van der Waals surface area contributed by atoms with Crippen molar-refractivity contribution in [1.82, 2.24) is 15.1 Å². The predicted octanol–water partition coefficient (Wildman–Crippen LogP) is 5.84. The third-order valence-corrected chi connectivity index (χ3v) is 5.20. The Bertz CT molecular complexity index is 1340. The van der Waals surface area contributed by atoms with E-state index in [1.54, 1.807) is 0 Å². The second kappa shape index (κ2) is 9.86. The zero-order chi connectivity index (χ0) is 26.1. The summed E-state index contributed by atoms with van der Waals surface area (Å²) in [6, 6.07) is 5.46. The summed E-state index contributed by atoms with van der Waals surface area (Å²) in [7, 11) is 0. The van der Waals surface area contributed by atoms with Crippen LogP contribution in [0.25, 0.3) is 16.8 Å². The zero-order valence-corrected chi connectivity index (χ0v) is 18.5. The fourth-order valence-corrected chi connectivity index (χ4v) is 3.63. The number of rotatable bonds is 5. The Hall–Kier alpha value is -3.12. The Morgan fingerprint density at radius 2 is 1.71 bits per heavy atom. The fraction of sp³-hybridized carbons (Fsp3) is 0.190. The van der Waals surface area contributed by atoms with Crippen LogP contribution in [0.15, 0.2) is 47.4 Å². The van der Waals surface area contributed by atoms with Crippen LogP contribution in [0.4, 0.5) is 30.7 Å². The van der Waals surface area contributed by atoms with Crippen LogP contribution in [-0.4, -0.2) is 28.2 Å². The molecule has 1 heterocycles. The third-order valence-electron chi connectivity index (χ3n) is 4.65. The highest BCUT2D eigenvalue weighted by molar-refractivity contribution is 6.35. The highest BCUT2D eigenvalue weighted by atomic mass is 35.5. The molecule has 0 aliphatic carbocycles. The molecular weight excluding hydrogens is 530 g/mol. The number of nitrogens with one attached hydrogen (secondary N) is 1. The number of aromatic nitrogens is 2. The van der Waals surface area contributed by atoms with E-state index in [0.717, 1.165) is 35.8 Å². The third kappa shape index (κ3) is 6.51. The van der Waals surface area contributed by atoms with Gasteiger partial charge in [0.2, 0.25) is 5.91 Å². The van der Waals surface area contributed by atoms with Crippen molar-refractivity contribution >= 4 is 46.0 Å². The predicted molar refractivity (Wildman–Crippen MR) is 114 cm³/mol. The van der Waals surface area contributed by atoms with Crippen molar-refractivity contribution in [2.75, 3.05) is 0 Å². The largest absolute Gasteiger partial charge is 0.484 e. The number of allylic oxidation sites excluding steroid dienone is 1. The van der Waals surface area contributed by atoms with Gasteiger partial charge < -0.3 is 0 Å². The molecule has 1 aromatic heterocycles. The van der Waals surface area contributed by atoms with Crippen molar-refractivity contribution in [2.45, 2.75) is 24.9 Å². The first-order valence-electron chi connectivity index (χ1n) is 9.42. The maximum Gasteiger partial charge on any atom is 0.484 e. The number of amides is 1. The first-order chi connectivity index (χ1) is 16.2. The number of alkyl halides is 6. The lowest BCUT2D eigenvalue weighted by Crippen LogP contribution is -2.41. The van der Waals surface area contributed by atoms with E-state index in [1.807, 2.05) is 0 Å². The maximum absolute atomic E-state index is 13.6. The maximum atomic E-state index is 13.6. The van der Waals surface area contributed by atoms with Crippen molar-refractivity contribution < 1.29 is 35.5 Å². The molecule has 0 bridgehead atoms. The van der Waals surface area contributed by atoms with E-state index in [9.17, 15) is 40.3 Å². The summed E-state index contributed by atoms with van der Waals surface area (Å²) in [6.07, 6.45) is -6.78. The second-order valence-electron chi connectivity index (χ2n) is 7.18. The van der Waals surface area contributed by atoms with Gasteiger partial charge in [-0.25, -0.2) is 9.07 Å². The minimum absolute atomic E-state index is 0.0265. The second-order valence-corrected chi connectivity index (χ2v) is 7.99. The van der Waals surface area contributed by atoms with Gasteiger partial charge in [-0.2, -0.15) is 31.4 Å². The van der Waals surface area contributed by atoms with Crippen LogP contribution in [-0.2, 0) is 11.3 Å². The van der Waals surface area contributed by atoms with Crippen LogP contribution in [0.3, 0.4) is 0 Å². The van der Waals surface area contributed by atoms with Crippen LogP contribution in [0.2, 0.25) is 10.0 Å². The smallest absolute Gasteiger partial charge is 0.273 e. The van der Waals surface area contributed by atoms with Crippen molar-refractivity contribution in [2.24, 2.45) is 0 Å². The van der Waals surface area contributed by atoms with Gasteiger partial charge in [0.15, 0.2) is 5.82 Å². The highest BCUT2D eigenvalue weighted by Crippen LogP contribution is 2.39. The van der Waals surface area contributed by atoms with Crippen LogP contribution in [0, 0.1) is 5.82 Å². The number of nitrogens with zero attached hydrogens (tertiary/aromatic N) is 2. The Morgan fingerprint density at radius 1 is 1.09 bits per heavy atom. The SMILES string of the molecule is O=C(Cn1ncc2cc(C=CC(c3cc(Cl)c(F)c(Cl)c3)C(F)(F)F)ccc2c1=O)NC(F)(F)F. The summed E-state index contributed by atoms with van der Waals surface area (Å²) >= 11 is 11.2. The van der Waals surface area contributed by atoms with E-state index >= 15 is 0 Å². The number of hydrogen-bond acceptors (Lipinski definition) is 3. The van der Waals surface area contributed by atoms with Gasteiger partial charge >= 0.3 is 12.5 Å². The molecule has 0 aliphatic rings. The molecule has 3 rings (SSSR count). The summed E-state index contributed by atoms with van der Waals surface area (Å²) in [6.45, 7) is -0.994. The van der Waals surface area contributed by atoms with Gasteiger partial charge in [-0.1, -0.05) is 41.4 Å². The normalized spacial score (nSPS) is 13.4. The van der Waals surface area contributed by atoms with E-state index in [0.29, 0.717) is 4.68 Å². The molecule has 186 valence electrons. The summed E-state index contributed by atoms with van der Waals surface area (Å²) in [5, 5.41) is 3.36. The summed E-state index contributed by atoms with van der Waals surface area (Å²) in [5.41, 5.74) is -1.05. The van der Waals surface area contributed by atoms with E-state index in [1.165, 1.54) is 18.2 Å². The Kier molecular flexibility index (Phi) is 7.46. The van der Waals surface area contributed by atoms with Crippen molar-refractivity contribution in [3.05, 3.63) is 79.9 Å². The van der Waals surface area contributed by atoms with Gasteiger partial charge in [0.1, 0.15) is 6.54 Å². The molecule has 14 heteroatoms. The average molecular weight is 542 g/mol. The molecule has 1 amide bonds. The molecule has 1 atom stereocenters. The minimum Gasteiger partial charge on any atom is -0.273 e. The zero-order valence-electron chi connectivity index (χ0n) is 17.0. The van der Waals surface area contributed by atoms with Gasteiger partial charge in [-0.3, -0.25) is 14.9 Å². The van der Waals surface area contributed by atoms with Crippen molar-refractivity contribution in [3.8, 4) is 0 Å². The van der Waals surface area contributed by atoms with E-state index in [4.69, 9.17) is 23.2 Å². The number of halogens is 9. The lowest BCUT2D eigenvalue weighted by molar-refractivity contribution is -0.170. The molecule has 1 N–H and O–H groups in total. The summed E-state index contributed by atoms with van der Waals surface area (Å²) < 4.78 is 91.7. The molecular formula is C21H12Cl2F7N3O2. The molecule has 2 aromatic carbocycles. The summed E-state index contributed by atoms with van der Waals surface area (Å²) in [4.78, 5) is 23.8. The number of fused-ring (bicyclic) bond motifs is 1. The molecule has 0 radical (unpaired) electrons. The van der Waals surface area contributed by atoms with Gasteiger partial charge in [0, 0.05) is 5.39 Å². The topological polar surface area (TPSA) is 64.0 Å². The Labute approximate surface area is 201 Å². The standard InChI is InChI=1S/C21H12Cl2F7N3O2/c22-15-6-11(7-16(23)18(15)24)14(20(25,26)27)4-2-10-1-3-13-12(5-10)8-31-33(19(13)35)9-17(34)32-21(28,29)30/h1-8,14H,9H2,(H,32,34). The first-order valence-corrected chi connectivity index (χ1v) is 10.2. The fourth-order valence-electron chi connectivity index (χ4n) is 3.13. The van der Waals surface area contributed by atoms with Gasteiger partial charge in [-0.15, -0.1) is 0 Å². The molecule has 1 unspecified atom stereocenters. The summed E-state index contributed by atoms with van der Waals surface area (Å²) in [5.74, 6) is -4.75. The Balaban J connectivity index is 1.91. The van der Waals surface area contributed by atoms with Crippen molar-refractivity contribution in [3.63, 3.8) is 0 Å². The molecule has 0 saturated carbocycles. The number of carbonyl (C=O) groups is 1. The molecule has 0 saturated heterocycles. The van der Waals surface area contributed by atoms with Crippen molar-refractivity contribution in [1.29, 1.82) is 0 Å². The van der Waals surface area contributed by atoms with Crippen LogP contribution in [0.1, 0.15) is 17.0 Å². The van der Waals surface area contributed by atoms with E-state index in [-0.39, 0.29) is 16.3 Å². The molecule has 0 aliphatic heterocycles. The number of benzene rings is 2. The minimum atomic E-state index is -4.97. The lowest BCUT2D eigenvalue weighted by atomic mass is 9.96. The highest BCUT2D eigenvalue weighted by Gasteiger charge is 2.39. The molecule has 0 fully saturated rings. The number of carbonyl (C=O) groups excluding carboxylic acids is 1. The molecule has 35 heavy (non-hydrogen) atoms. The Morgan fingerprint density at radius 3 is 2.29 bits per heavy atom. The van der Waals surface area contributed by atoms with Gasteiger partial charge in [0.05, 0.1) is 27.5 Å². The quantitative estimate of drug-likeness (QED) is 0.251. The molecule has 3 aromatic rings. The monoisotopic (exact) mass is 541 g/mol. The van der Waals surface area contributed by atoms with Crippen LogP contribution >= 0.6 is 23.2 Å². The first kappa shape index (κ1) is 26.5. The lowest BCUT2D eigenvalue weighted by Gasteiger charge is -2.18. The molecule has 5 nitrogen and oxygen atoms in total. The number of hydrogen-bond donors (Lipinski definition) is 1. The van der Waals surface area contributed by atoms with Gasteiger partial charge in [-0.05, 0) is 35.4 Å². The molecule has 0 spiro atoms. The van der Waals surface area contributed by atoms with E-state index in [2.05, 4.69) is 5.10 Å². The van der Waals surface area contributed by atoms with Crippen LogP contribution in [0.5, 0.6) is 0 Å². The van der Waals surface area contributed by atoms with Gasteiger partial charge in [0.25, 0.3) is 5.56 Å².